The quantitative estimate of drug-likeness (QED) is 0.810. The van der Waals surface area contributed by atoms with E-state index in [1.165, 1.54) is 0 Å². The number of para-hydroxylation sites is 1. The van der Waals surface area contributed by atoms with E-state index in [4.69, 9.17) is 10.5 Å². The molecule has 0 saturated carbocycles. The van der Waals surface area contributed by atoms with Crippen LogP contribution in [-0.4, -0.2) is 72.0 Å². The molecule has 0 spiro atoms. The highest BCUT2D eigenvalue weighted by molar-refractivity contribution is 5.98. The maximum atomic E-state index is 12.8. The van der Waals surface area contributed by atoms with Crippen LogP contribution in [0.15, 0.2) is 30.3 Å². The number of aromatic nitrogens is 1. The van der Waals surface area contributed by atoms with Gasteiger partial charge in [0.1, 0.15) is 5.69 Å². The molecule has 3 N–H and O–H groups in total. The molecule has 1 aromatic heterocycles. The van der Waals surface area contributed by atoms with E-state index in [-0.39, 0.29) is 30.1 Å². The van der Waals surface area contributed by atoms with Crippen molar-refractivity contribution >= 4 is 35.1 Å². The van der Waals surface area contributed by atoms with Crippen molar-refractivity contribution in [1.82, 2.24) is 14.8 Å². The number of carbonyl (C=O) groups is 2. The Balaban J connectivity index is 0.00000225. The molecule has 2 aromatic rings. The van der Waals surface area contributed by atoms with E-state index >= 15 is 0 Å². The molecule has 28 heavy (non-hydrogen) atoms. The predicted molar refractivity (Wildman–Crippen MR) is 110 cm³/mol. The Bertz CT molecular complexity index is 793. The maximum absolute atomic E-state index is 12.8. The van der Waals surface area contributed by atoms with E-state index < -0.39 is 6.04 Å². The smallest absolute Gasteiger partial charge is 0.270 e. The molecule has 4 rings (SSSR count). The lowest BCUT2D eigenvalue weighted by atomic mass is 9.91. The molecular formula is C20H27ClN4O3. The summed E-state index contributed by atoms with van der Waals surface area (Å²) in [6.45, 7) is 3.47. The Morgan fingerprint density at radius 2 is 1.71 bits per heavy atom. The number of rotatable bonds is 3. The lowest BCUT2D eigenvalue weighted by molar-refractivity contribution is -0.136. The molecule has 2 saturated heterocycles. The van der Waals surface area contributed by atoms with Crippen LogP contribution in [-0.2, 0) is 9.53 Å². The summed E-state index contributed by atoms with van der Waals surface area (Å²) < 4.78 is 5.35. The third-order valence-corrected chi connectivity index (χ3v) is 5.70. The number of hydrogen-bond donors (Lipinski definition) is 2. The van der Waals surface area contributed by atoms with Crippen molar-refractivity contribution in [1.29, 1.82) is 0 Å². The average molecular weight is 407 g/mol. The molecule has 8 heteroatoms. The first-order chi connectivity index (χ1) is 13.1. The number of hydrogen-bond acceptors (Lipinski definition) is 4. The van der Waals surface area contributed by atoms with Gasteiger partial charge in [-0.05, 0) is 30.9 Å². The van der Waals surface area contributed by atoms with Crippen molar-refractivity contribution < 1.29 is 14.3 Å². The first kappa shape index (κ1) is 20.6. The number of nitrogens with zero attached hydrogens (tertiary/aromatic N) is 2. The second-order valence-electron chi connectivity index (χ2n) is 7.36. The van der Waals surface area contributed by atoms with Gasteiger partial charge in [0.25, 0.3) is 5.91 Å². The van der Waals surface area contributed by atoms with Gasteiger partial charge in [0.2, 0.25) is 5.91 Å². The molecule has 2 aliphatic heterocycles. The van der Waals surface area contributed by atoms with Crippen LogP contribution < -0.4 is 5.73 Å². The molecule has 2 amide bonds. The molecular weight excluding hydrogens is 380 g/mol. The van der Waals surface area contributed by atoms with Crippen LogP contribution in [0, 0.1) is 5.92 Å². The Morgan fingerprint density at radius 3 is 2.39 bits per heavy atom. The largest absolute Gasteiger partial charge is 0.381 e. The molecule has 152 valence electrons. The first-order valence-electron chi connectivity index (χ1n) is 9.62. The Kier molecular flexibility index (Phi) is 6.59. The normalized spacial score (nSPS) is 19.3. The zero-order valence-electron chi connectivity index (χ0n) is 15.8. The number of H-pyrrole nitrogens is 1. The first-order valence-corrected chi connectivity index (χ1v) is 9.62. The summed E-state index contributed by atoms with van der Waals surface area (Å²) in [6.07, 6.45) is 1.68. The number of ether oxygens (including phenoxy) is 1. The van der Waals surface area contributed by atoms with Crippen molar-refractivity contribution in [3.05, 3.63) is 36.0 Å². The number of piperazine rings is 1. The Labute approximate surface area is 170 Å². The van der Waals surface area contributed by atoms with Crippen LogP contribution >= 0.6 is 12.4 Å². The van der Waals surface area contributed by atoms with Gasteiger partial charge in [-0.25, -0.2) is 0 Å². The second kappa shape index (κ2) is 8.94. The van der Waals surface area contributed by atoms with E-state index in [1.54, 1.807) is 9.80 Å². The number of benzene rings is 1. The summed E-state index contributed by atoms with van der Waals surface area (Å²) in [5.74, 6) is 0.170. The number of fused-ring (bicyclic) bond motifs is 1. The molecule has 0 radical (unpaired) electrons. The molecule has 0 bridgehead atoms. The summed E-state index contributed by atoms with van der Waals surface area (Å²) in [4.78, 5) is 32.3. The minimum absolute atomic E-state index is 0. The van der Waals surface area contributed by atoms with Crippen LogP contribution in [0.3, 0.4) is 0 Å². The third-order valence-electron chi connectivity index (χ3n) is 5.70. The maximum Gasteiger partial charge on any atom is 0.270 e. The lowest BCUT2D eigenvalue weighted by Gasteiger charge is -2.37. The highest BCUT2D eigenvalue weighted by Crippen LogP contribution is 2.20. The van der Waals surface area contributed by atoms with Crippen molar-refractivity contribution in [3.8, 4) is 0 Å². The number of nitrogens with one attached hydrogen (secondary N) is 1. The molecule has 1 aromatic carbocycles. The standard InChI is InChI=1S/C20H26N4O3.ClH/c21-18(14-5-11-27-12-6-14)20(26)24-9-7-23(8-10-24)19(25)17-13-15-3-1-2-4-16(15)22-17;/h1-4,13-14,18,22H,5-12,21H2;1H. The average Bonchev–Trinajstić information content (AvgIpc) is 3.17. The fourth-order valence-electron chi connectivity index (χ4n) is 3.98. The minimum Gasteiger partial charge on any atom is -0.381 e. The highest BCUT2D eigenvalue weighted by atomic mass is 35.5. The van der Waals surface area contributed by atoms with Crippen molar-refractivity contribution in [2.75, 3.05) is 39.4 Å². The Hall–Kier alpha value is -2.09. The van der Waals surface area contributed by atoms with E-state index in [9.17, 15) is 9.59 Å². The van der Waals surface area contributed by atoms with E-state index in [2.05, 4.69) is 4.98 Å². The summed E-state index contributed by atoms with van der Waals surface area (Å²) >= 11 is 0. The topological polar surface area (TPSA) is 91.7 Å². The Morgan fingerprint density at radius 1 is 1.07 bits per heavy atom. The SMILES string of the molecule is Cl.NC(C(=O)N1CCN(C(=O)c2cc3ccccc3[nH]2)CC1)C1CCOCC1. The molecule has 3 heterocycles. The van der Waals surface area contributed by atoms with Crippen LogP contribution in [0.2, 0.25) is 0 Å². The fourth-order valence-corrected chi connectivity index (χ4v) is 3.98. The van der Waals surface area contributed by atoms with Gasteiger partial charge in [0, 0.05) is 50.3 Å². The van der Waals surface area contributed by atoms with Gasteiger partial charge in [-0.3, -0.25) is 9.59 Å². The van der Waals surface area contributed by atoms with Crippen molar-refractivity contribution in [3.63, 3.8) is 0 Å². The number of nitrogens with two attached hydrogens (primary N) is 1. The van der Waals surface area contributed by atoms with E-state index in [0.717, 1.165) is 23.7 Å². The zero-order valence-corrected chi connectivity index (χ0v) is 16.6. The molecule has 1 unspecified atom stereocenters. The van der Waals surface area contributed by atoms with Gasteiger partial charge in [-0.1, -0.05) is 18.2 Å². The van der Waals surface area contributed by atoms with Crippen LogP contribution in [0.5, 0.6) is 0 Å². The number of amides is 2. The fraction of sp³-hybridized carbons (Fsp3) is 0.500. The van der Waals surface area contributed by atoms with Gasteiger partial charge >= 0.3 is 0 Å². The number of halogens is 1. The lowest BCUT2D eigenvalue weighted by Crippen LogP contribution is -2.56. The van der Waals surface area contributed by atoms with Gasteiger partial charge in [0.15, 0.2) is 0 Å². The summed E-state index contributed by atoms with van der Waals surface area (Å²) in [5.41, 5.74) is 7.77. The molecule has 2 fully saturated rings. The minimum atomic E-state index is -0.468. The van der Waals surface area contributed by atoms with Gasteiger partial charge in [0.05, 0.1) is 6.04 Å². The van der Waals surface area contributed by atoms with Crippen molar-refractivity contribution in [2.24, 2.45) is 11.7 Å². The highest BCUT2D eigenvalue weighted by Gasteiger charge is 2.32. The molecule has 1 atom stereocenters. The van der Waals surface area contributed by atoms with Crippen LogP contribution in [0.4, 0.5) is 0 Å². The van der Waals surface area contributed by atoms with Gasteiger partial charge in [-0.15, -0.1) is 12.4 Å². The molecule has 7 nitrogen and oxygen atoms in total. The summed E-state index contributed by atoms with van der Waals surface area (Å²) in [7, 11) is 0. The molecule has 2 aliphatic rings. The number of carbonyl (C=O) groups excluding carboxylic acids is 2. The van der Waals surface area contributed by atoms with Crippen molar-refractivity contribution in [2.45, 2.75) is 18.9 Å². The zero-order chi connectivity index (χ0) is 18.8. The van der Waals surface area contributed by atoms with Gasteiger partial charge < -0.3 is 25.3 Å². The summed E-state index contributed by atoms with van der Waals surface area (Å²) in [6, 6.07) is 9.26. The van der Waals surface area contributed by atoms with Crippen LogP contribution in [0.25, 0.3) is 10.9 Å². The van der Waals surface area contributed by atoms with Gasteiger partial charge in [-0.2, -0.15) is 0 Å². The summed E-state index contributed by atoms with van der Waals surface area (Å²) in [5, 5.41) is 1.03. The predicted octanol–water partition coefficient (Wildman–Crippen LogP) is 1.63. The third kappa shape index (κ3) is 4.16. The van der Waals surface area contributed by atoms with Crippen LogP contribution in [0.1, 0.15) is 23.3 Å². The van der Waals surface area contributed by atoms with E-state index in [0.29, 0.717) is 45.1 Å². The molecule has 0 aliphatic carbocycles. The van der Waals surface area contributed by atoms with E-state index in [1.807, 2.05) is 30.3 Å². The monoisotopic (exact) mass is 406 g/mol. The number of aromatic amines is 1. The second-order valence-corrected chi connectivity index (χ2v) is 7.36.